The fourth-order valence-corrected chi connectivity index (χ4v) is 2.84. The van der Waals surface area contributed by atoms with Gasteiger partial charge in [-0.1, -0.05) is 32.0 Å². The Kier molecular flexibility index (Phi) is 6.54. The third kappa shape index (κ3) is 4.96. The molecule has 6 heteroatoms. The minimum Gasteiger partial charge on any atom is -0.496 e. The Morgan fingerprint density at radius 2 is 1.90 bits per heavy atom. The number of carbonyl (C=O) groups excluding carboxylic acids is 1. The van der Waals surface area contributed by atoms with E-state index in [1.165, 1.54) is 6.26 Å². The molecule has 6 nitrogen and oxygen atoms in total. The molecular weight excluding hydrogens is 372 g/mol. The summed E-state index contributed by atoms with van der Waals surface area (Å²) in [6, 6.07) is 12.1. The third-order valence-electron chi connectivity index (χ3n) is 4.46. The van der Waals surface area contributed by atoms with Crippen molar-refractivity contribution in [2.75, 3.05) is 20.3 Å². The van der Waals surface area contributed by atoms with Crippen molar-refractivity contribution in [1.82, 2.24) is 0 Å². The molecule has 0 aliphatic rings. The highest BCUT2D eigenvalue weighted by molar-refractivity contribution is 5.84. The summed E-state index contributed by atoms with van der Waals surface area (Å²) >= 11 is 0. The van der Waals surface area contributed by atoms with Crippen LogP contribution in [0.15, 0.2) is 57.9 Å². The first-order valence-electron chi connectivity index (χ1n) is 9.47. The zero-order valence-corrected chi connectivity index (χ0v) is 16.8. The average Bonchev–Trinajstić information content (AvgIpc) is 2.72. The molecular formula is C23H24O6. The molecule has 0 radical (unpaired) electrons. The van der Waals surface area contributed by atoms with Gasteiger partial charge in [0.2, 0.25) is 5.43 Å². The summed E-state index contributed by atoms with van der Waals surface area (Å²) < 4.78 is 21.6. The van der Waals surface area contributed by atoms with Crippen LogP contribution in [0.3, 0.4) is 0 Å². The molecule has 0 amide bonds. The highest BCUT2D eigenvalue weighted by Gasteiger charge is 2.14. The Labute approximate surface area is 169 Å². The average molecular weight is 396 g/mol. The number of hydrogen-bond acceptors (Lipinski definition) is 6. The Hall–Kier alpha value is -3.28. The largest absolute Gasteiger partial charge is 0.496 e. The number of ether oxygens (including phenoxy) is 3. The Balaban J connectivity index is 1.76. The molecule has 0 N–H and O–H groups in total. The van der Waals surface area contributed by atoms with Crippen molar-refractivity contribution in [1.29, 1.82) is 0 Å². The Morgan fingerprint density at radius 1 is 1.10 bits per heavy atom. The predicted octanol–water partition coefficient (Wildman–Crippen LogP) is 4.44. The van der Waals surface area contributed by atoms with Crippen LogP contribution in [0.1, 0.15) is 20.3 Å². The highest BCUT2D eigenvalue weighted by atomic mass is 16.6. The first-order valence-corrected chi connectivity index (χ1v) is 9.47. The van der Waals surface area contributed by atoms with Crippen molar-refractivity contribution in [3.63, 3.8) is 0 Å². The summed E-state index contributed by atoms with van der Waals surface area (Å²) in [5.74, 6) is 1.05. The van der Waals surface area contributed by atoms with Crippen LogP contribution in [0.2, 0.25) is 0 Å². The van der Waals surface area contributed by atoms with Crippen LogP contribution in [0.25, 0.3) is 22.1 Å². The van der Waals surface area contributed by atoms with E-state index in [1.807, 2.05) is 12.1 Å². The van der Waals surface area contributed by atoms with E-state index < -0.39 is 5.97 Å². The Morgan fingerprint density at radius 3 is 2.66 bits per heavy atom. The van der Waals surface area contributed by atoms with Gasteiger partial charge in [0.1, 0.15) is 23.3 Å². The molecule has 3 aromatic rings. The molecule has 0 aliphatic heterocycles. The summed E-state index contributed by atoms with van der Waals surface area (Å²) in [4.78, 5) is 24.7. The van der Waals surface area contributed by atoms with Crippen molar-refractivity contribution >= 4 is 16.9 Å². The topological polar surface area (TPSA) is 75.0 Å². The van der Waals surface area contributed by atoms with Crippen molar-refractivity contribution < 1.29 is 23.4 Å². The van der Waals surface area contributed by atoms with Crippen LogP contribution in [0, 0.1) is 5.92 Å². The van der Waals surface area contributed by atoms with E-state index in [-0.39, 0.29) is 12.0 Å². The van der Waals surface area contributed by atoms with E-state index >= 15 is 0 Å². The van der Waals surface area contributed by atoms with E-state index in [2.05, 4.69) is 13.8 Å². The van der Waals surface area contributed by atoms with Crippen LogP contribution in [-0.4, -0.2) is 26.3 Å². The molecule has 0 spiro atoms. The number of esters is 1. The number of methoxy groups -OCH3 is 1. The number of rotatable bonds is 8. The standard InChI is InChI=1S/C23H24O6/c1-15(2)10-11-27-22(24)14-28-16-8-9-18-21(12-16)29-13-19(23(18)25)17-6-4-5-7-20(17)26-3/h4-9,12-13,15H,10-11,14H2,1-3H3. The maximum Gasteiger partial charge on any atom is 0.344 e. The zero-order valence-electron chi connectivity index (χ0n) is 16.8. The monoisotopic (exact) mass is 396 g/mol. The lowest BCUT2D eigenvalue weighted by atomic mass is 10.0. The lowest BCUT2D eigenvalue weighted by molar-refractivity contribution is -0.146. The molecule has 1 heterocycles. The van der Waals surface area contributed by atoms with Crippen molar-refractivity contribution in [2.45, 2.75) is 20.3 Å². The van der Waals surface area contributed by atoms with Crippen molar-refractivity contribution in [3.05, 3.63) is 59.0 Å². The summed E-state index contributed by atoms with van der Waals surface area (Å²) in [6.45, 7) is 4.30. The molecule has 0 atom stereocenters. The lowest BCUT2D eigenvalue weighted by Crippen LogP contribution is -2.16. The fourth-order valence-electron chi connectivity index (χ4n) is 2.84. The number of fused-ring (bicyclic) bond motifs is 1. The van der Waals surface area contributed by atoms with Gasteiger partial charge in [-0.05, 0) is 30.5 Å². The molecule has 0 aliphatic carbocycles. The van der Waals surface area contributed by atoms with Gasteiger partial charge in [0, 0.05) is 11.6 Å². The normalized spacial score (nSPS) is 10.9. The maximum absolute atomic E-state index is 12.9. The van der Waals surface area contributed by atoms with Gasteiger partial charge < -0.3 is 18.6 Å². The summed E-state index contributed by atoms with van der Waals surface area (Å²) in [5.41, 5.74) is 1.28. The van der Waals surface area contributed by atoms with Gasteiger partial charge in [0.15, 0.2) is 6.61 Å². The minimum atomic E-state index is -0.432. The molecule has 29 heavy (non-hydrogen) atoms. The van der Waals surface area contributed by atoms with Gasteiger partial charge in [-0.15, -0.1) is 0 Å². The quantitative estimate of drug-likeness (QED) is 0.524. The van der Waals surface area contributed by atoms with Gasteiger partial charge in [-0.25, -0.2) is 4.79 Å². The smallest absolute Gasteiger partial charge is 0.344 e. The highest BCUT2D eigenvalue weighted by Crippen LogP contribution is 2.29. The molecule has 0 bridgehead atoms. The van der Waals surface area contributed by atoms with E-state index in [1.54, 1.807) is 37.4 Å². The zero-order chi connectivity index (χ0) is 20.8. The molecule has 0 unspecified atom stereocenters. The summed E-state index contributed by atoms with van der Waals surface area (Å²) in [5, 5.41) is 0.417. The van der Waals surface area contributed by atoms with E-state index in [4.69, 9.17) is 18.6 Å². The number of para-hydroxylation sites is 1. The van der Waals surface area contributed by atoms with Crippen molar-refractivity contribution in [2.24, 2.45) is 5.92 Å². The predicted molar refractivity (Wildman–Crippen MR) is 110 cm³/mol. The molecule has 2 aromatic carbocycles. The second kappa shape index (κ2) is 9.28. The number of hydrogen-bond donors (Lipinski definition) is 0. The first kappa shape index (κ1) is 20.5. The molecule has 0 saturated heterocycles. The van der Waals surface area contributed by atoms with Crippen LogP contribution >= 0.6 is 0 Å². The molecule has 0 fully saturated rings. The lowest BCUT2D eigenvalue weighted by Gasteiger charge is -2.10. The Bertz CT molecular complexity index is 1050. The molecule has 152 valence electrons. The molecule has 0 saturated carbocycles. The van der Waals surface area contributed by atoms with E-state index in [0.717, 1.165) is 6.42 Å². The summed E-state index contributed by atoms with van der Waals surface area (Å²) in [6.07, 6.45) is 2.22. The second-order valence-corrected chi connectivity index (χ2v) is 7.03. The van der Waals surface area contributed by atoms with Gasteiger partial charge >= 0.3 is 5.97 Å². The molecule has 3 rings (SSSR count). The number of carbonyl (C=O) groups is 1. The van der Waals surface area contributed by atoms with Crippen LogP contribution in [0.5, 0.6) is 11.5 Å². The third-order valence-corrected chi connectivity index (χ3v) is 4.46. The SMILES string of the molecule is COc1ccccc1-c1coc2cc(OCC(=O)OCCC(C)C)ccc2c1=O. The van der Waals surface area contributed by atoms with Crippen molar-refractivity contribution in [3.8, 4) is 22.6 Å². The van der Waals surface area contributed by atoms with Crippen LogP contribution in [0.4, 0.5) is 0 Å². The molecule has 1 aromatic heterocycles. The maximum atomic E-state index is 12.9. The summed E-state index contributed by atoms with van der Waals surface area (Å²) in [7, 11) is 1.55. The first-order chi connectivity index (χ1) is 14.0. The minimum absolute atomic E-state index is 0.171. The number of benzene rings is 2. The van der Waals surface area contributed by atoms with Crippen LogP contribution in [-0.2, 0) is 9.53 Å². The van der Waals surface area contributed by atoms with Gasteiger partial charge in [-0.3, -0.25) is 4.79 Å². The van der Waals surface area contributed by atoms with Gasteiger partial charge in [0.05, 0.1) is 24.7 Å². The van der Waals surface area contributed by atoms with Gasteiger partial charge in [0.25, 0.3) is 0 Å². The van der Waals surface area contributed by atoms with Crippen LogP contribution < -0.4 is 14.9 Å². The fraction of sp³-hybridized carbons (Fsp3) is 0.304. The second-order valence-electron chi connectivity index (χ2n) is 7.03. The van der Waals surface area contributed by atoms with E-state index in [9.17, 15) is 9.59 Å². The van der Waals surface area contributed by atoms with E-state index in [0.29, 0.717) is 46.1 Å². The van der Waals surface area contributed by atoms with Gasteiger partial charge in [-0.2, -0.15) is 0 Å².